The van der Waals surface area contributed by atoms with Gasteiger partial charge in [-0.25, -0.2) is 0 Å². The second kappa shape index (κ2) is 48.7. The van der Waals surface area contributed by atoms with E-state index in [0.29, 0.717) is 6.42 Å². The van der Waals surface area contributed by atoms with E-state index in [4.69, 9.17) is 0 Å². The van der Waals surface area contributed by atoms with Crippen LogP contribution in [0.15, 0.2) is 48.6 Å². The molecule has 2 atom stereocenters. The van der Waals surface area contributed by atoms with Crippen molar-refractivity contribution in [2.24, 2.45) is 0 Å². The van der Waals surface area contributed by atoms with Crippen LogP contribution in [0.2, 0.25) is 0 Å². The van der Waals surface area contributed by atoms with Gasteiger partial charge in [-0.3, -0.25) is 4.79 Å². The number of aliphatic hydroxyl groups is 2. The van der Waals surface area contributed by atoms with Gasteiger partial charge in [-0.15, -0.1) is 0 Å². The number of nitrogens with one attached hydrogen (secondary N) is 1. The summed E-state index contributed by atoms with van der Waals surface area (Å²) in [5.41, 5.74) is 0. The lowest BCUT2D eigenvalue weighted by molar-refractivity contribution is -0.123. The van der Waals surface area contributed by atoms with Crippen molar-refractivity contribution in [1.29, 1.82) is 0 Å². The molecule has 0 aliphatic carbocycles. The van der Waals surface area contributed by atoms with Gasteiger partial charge in [-0.05, 0) is 64.2 Å². The van der Waals surface area contributed by atoms with Crippen molar-refractivity contribution in [3.63, 3.8) is 0 Å². The molecule has 4 heteroatoms. The lowest BCUT2D eigenvalue weighted by atomic mass is 10.0. The van der Waals surface area contributed by atoms with E-state index in [1.807, 2.05) is 6.08 Å². The molecule has 0 saturated carbocycles. The van der Waals surface area contributed by atoms with Crippen LogP contribution in [0.25, 0.3) is 0 Å². The summed E-state index contributed by atoms with van der Waals surface area (Å²) in [6.45, 7) is 4.30. The number of allylic oxidation sites excluding steroid dienone is 7. The zero-order valence-electron chi connectivity index (χ0n) is 38.4. The third-order valence-electron chi connectivity index (χ3n) is 11.5. The Balaban J connectivity index is 3.56. The first-order chi connectivity index (χ1) is 28.2. The molecule has 0 aromatic carbocycles. The Kier molecular flexibility index (Phi) is 47.3. The van der Waals surface area contributed by atoms with Crippen LogP contribution in [0.5, 0.6) is 0 Å². The fourth-order valence-corrected chi connectivity index (χ4v) is 7.64. The summed E-state index contributed by atoms with van der Waals surface area (Å²) in [7, 11) is 0. The molecular weight excluding hydrogens is 699 g/mol. The number of carbonyl (C=O) groups is 1. The third-order valence-corrected chi connectivity index (χ3v) is 11.5. The van der Waals surface area contributed by atoms with E-state index in [1.54, 1.807) is 6.08 Å². The highest BCUT2D eigenvalue weighted by Crippen LogP contribution is 2.16. The Morgan fingerprint density at radius 2 is 0.737 bits per heavy atom. The number of aliphatic hydroxyl groups excluding tert-OH is 2. The number of amides is 1. The van der Waals surface area contributed by atoms with Crippen molar-refractivity contribution in [2.75, 3.05) is 6.61 Å². The van der Waals surface area contributed by atoms with E-state index in [2.05, 4.69) is 55.6 Å². The second-order valence-electron chi connectivity index (χ2n) is 17.2. The highest BCUT2D eigenvalue weighted by atomic mass is 16.3. The number of hydrogen-bond acceptors (Lipinski definition) is 3. The Hall–Kier alpha value is -1.65. The van der Waals surface area contributed by atoms with Crippen LogP contribution in [-0.2, 0) is 4.79 Å². The Morgan fingerprint density at radius 1 is 0.421 bits per heavy atom. The van der Waals surface area contributed by atoms with Crippen LogP contribution < -0.4 is 5.32 Å². The quantitative estimate of drug-likeness (QED) is 0.0424. The highest BCUT2D eigenvalue weighted by molar-refractivity contribution is 5.76. The Labute approximate surface area is 356 Å². The zero-order chi connectivity index (χ0) is 41.4. The summed E-state index contributed by atoms with van der Waals surface area (Å²) in [4.78, 5) is 12.4. The molecule has 0 radical (unpaired) electrons. The second-order valence-corrected chi connectivity index (χ2v) is 17.2. The van der Waals surface area contributed by atoms with Crippen LogP contribution in [0, 0.1) is 0 Å². The van der Waals surface area contributed by atoms with Crippen LogP contribution in [0.3, 0.4) is 0 Å². The maximum atomic E-state index is 12.4. The van der Waals surface area contributed by atoms with Crippen molar-refractivity contribution in [3.8, 4) is 0 Å². The molecule has 0 spiro atoms. The van der Waals surface area contributed by atoms with Crippen LogP contribution in [0.1, 0.15) is 264 Å². The molecular formula is C53H99NO3. The number of carbonyl (C=O) groups excluding carboxylic acids is 1. The highest BCUT2D eigenvalue weighted by Gasteiger charge is 2.17. The SMILES string of the molecule is CCCCCCC/C=C\C/C=C\CCCCCCCCCCCCCCCC(=O)NC(CO)C(O)/C=C/CC/C=C/CCCCCCCCCCCCCCCC. The zero-order valence-corrected chi connectivity index (χ0v) is 38.4. The van der Waals surface area contributed by atoms with Gasteiger partial charge in [0, 0.05) is 6.42 Å². The van der Waals surface area contributed by atoms with Crippen LogP contribution in [-0.4, -0.2) is 34.9 Å². The van der Waals surface area contributed by atoms with Gasteiger partial charge in [0.1, 0.15) is 0 Å². The van der Waals surface area contributed by atoms with Gasteiger partial charge >= 0.3 is 0 Å². The van der Waals surface area contributed by atoms with E-state index in [1.165, 1.54) is 205 Å². The summed E-state index contributed by atoms with van der Waals surface area (Å²) in [6, 6.07) is -0.640. The van der Waals surface area contributed by atoms with E-state index in [9.17, 15) is 15.0 Å². The number of rotatable bonds is 46. The van der Waals surface area contributed by atoms with Gasteiger partial charge in [-0.2, -0.15) is 0 Å². The Bertz CT molecular complexity index is 908. The van der Waals surface area contributed by atoms with Crippen molar-refractivity contribution in [1.82, 2.24) is 5.32 Å². The first-order valence-corrected chi connectivity index (χ1v) is 25.4. The first-order valence-electron chi connectivity index (χ1n) is 25.4. The van der Waals surface area contributed by atoms with Crippen LogP contribution >= 0.6 is 0 Å². The van der Waals surface area contributed by atoms with Crippen molar-refractivity contribution in [3.05, 3.63) is 48.6 Å². The molecule has 57 heavy (non-hydrogen) atoms. The minimum absolute atomic E-state index is 0.0732. The molecule has 0 aliphatic heterocycles. The molecule has 2 unspecified atom stereocenters. The van der Waals surface area contributed by atoms with Gasteiger partial charge < -0.3 is 15.5 Å². The summed E-state index contributed by atoms with van der Waals surface area (Å²) in [5.74, 6) is -0.0732. The normalized spacial score (nSPS) is 13.3. The van der Waals surface area contributed by atoms with Gasteiger partial charge in [-0.1, -0.05) is 242 Å². The fraction of sp³-hybridized carbons (Fsp3) is 0.830. The van der Waals surface area contributed by atoms with E-state index < -0.39 is 12.1 Å². The largest absolute Gasteiger partial charge is 0.394 e. The molecule has 1 amide bonds. The van der Waals surface area contributed by atoms with E-state index >= 15 is 0 Å². The van der Waals surface area contributed by atoms with Gasteiger partial charge in [0.2, 0.25) is 5.91 Å². The molecule has 0 aromatic rings. The average molecular weight is 798 g/mol. The molecule has 334 valence electrons. The van der Waals surface area contributed by atoms with Gasteiger partial charge in [0.15, 0.2) is 0 Å². The third kappa shape index (κ3) is 45.3. The first kappa shape index (κ1) is 55.4. The molecule has 0 rings (SSSR count). The number of hydrogen-bond donors (Lipinski definition) is 3. The fourth-order valence-electron chi connectivity index (χ4n) is 7.64. The summed E-state index contributed by atoms with van der Waals surface area (Å²) >= 11 is 0. The predicted octanol–water partition coefficient (Wildman–Crippen LogP) is 16.3. The molecule has 0 saturated heterocycles. The van der Waals surface area contributed by atoms with Crippen molar-refractivity contribution in [2.45, 2.75) is 276 Å². The standard InChI is InChI=1S/C53H99NO3/c1-3-5-7-9-11-13-15-17-19-21-23-25-26-27-28-29-31-33-35-37-39-41-43-45-47-49-53(57)54-51(50-55)52(56)48-46-44-42-40-38-36-34-32-30-24-22-20-18-16-14-12-10-8-6-4-2/h15,17,21,23,38,40,46,48,51-52,55-56H,3-14,16,18-20,22,24-37,39,41-45,47,49-50H2,1-2H3,(H,54,57)/b17-15-,23-21-,40-38+,48-46+. The molecule has 4 nitrogen and oxygen atoms in total. The smallest absolute Gasteiger partial charge is 0.220 e. The van der Waals surface area contributed by atoms with Crippen molar-refractivity contribution < 1.29 is 15.0 Å². The number of unbranched alkanes of at least 4 members (excludes halogenated alkanes) is 33. The lowest BCUT2D eigenvalue weighted by Crippen LogP contribution is -2.45. The van der Waals surface area contributed by atoms with Crippen molar-refractivity contribution >= 4 is 5.91 Å². The molecule has 0 aromatic heterocycles. The van der Waals surface area contributed by atoms with Crippen LogP contribution in [0.4, 0.5) is 0 Å². The minimum Gasteiger partial charge on any atom is -0.394 e. The minimum atomic E-state index is -0.863. The molecule has 0 heterocycles. The molecule has 0 aliphatic rings. The van der Waals surface area contributed by atoms with Gasteiger partial charge in [0.25, 0.3) is 0 Å². The molecule has 0 bridgehead atoms. The maximum absolute atomic E-state index is 12.4. The molecule has 0 fully saturated rings. The monoisotopic (exact) mass is 798 g/mol. The lowest BCUT2D eigenvalue weighted by Gasteiger charge is -2.19. The maximum Gasteiger partial charge on any atom is 0.220 e. The summed E-state index contributed by atoms with van der Waals surface area (Å²) < 4.78 is 0. The average Bonchev–Trinajstić information content (AvgIpc) is 3.22. The van der Waals surface area contributed by atoms with E-state index in [-0.39, 0.29) is 12.5 Å². The topological polar surface area (TPSA) is 69.6 Å². The molecule has 3 N–H and O–H groups in total. The summed E-state index contributed by atoms with van der Waals surface area (Å²) in [5, 5.41) is 23.1. The van der Waals surface area contributed by atoms with Gasteiger partial charge in [0.05, 0.1) is 18.8 Å². The predicted molar refractivity (Wildman–Crippen MR) is 253 cm³/mol. The van der Waals surface area contributed by atoms with E-state index in [0.717, 1.165) is 38.5 Å². The Morgan fingerprint density at radius 3 is 1.12 bits per heavy atom. The summed E-state index contributed by atoms with van der Waals surface area (Å²) in [6.07, 6.45) is 66.7.